The first kappa shape index (κ1) is 16.1. The van der Waals surface area contributed by atoms with Crippen molar-refractivity contribution in [1.29, 1.82) is 0 Å². The number of rotatable bonds is 5. The van der Waals surface area contributed by atoms with Crippen LogP contribution in [0, 0.1) is 0 Å². The van der Waals surface area contributed by atoms with Crippen LogP contribution in [0.25, 0.3) is 0 Å². The van der Waals surface area contributed by atoms with Gasteiger partial charge in [-0.2, -0.15) is 0 Å². The summed E-state index contributed by atoms with van der Waals surface area (Å²) in [7, 11) is -2.46. The van der Waals surface area contributed by atoms with Crippen LogP contribution in [0.15, 0.2) is 6.33 Å². The molecule has 21 heavy (non-hydrogen) atoms. The number of amides is 1. The van der Waals surface area contributed by atoms with E-state index < -0.39 is 37.8 Å². The quantitative estimate of drug-likeness (QED) is 0.558. The van der Waals surface area contributed by atoms with E-state index in [9.17, 15) is 19.6 Å². The van der Waals surface area contributed by atoms with Crippen LogP contribution in [0.4, 0.5) is 0 Å². The van der Waals surface area contributed by atoms with Gasteiger partial charge in [-0.05, 0) is 13.3 Å². The summed E-state index contributed by atoms with van der Waals surface area (Å²) < 4.78 is 23.2. The van der Waals surface area contributed by atoms with E-state index in [-0.39, 0.29) is 12.2 Å². The molecule has 0 aromatic carbocycles. The number of carbonyl (C=O) groups excluding carboxylic acids is 1. The molecule has 0 saturated carbocycles. The van der Waals surface area contributed by atoms with Crippen LogP contribution in [0.2, 0.25) is 0 Å². The maximum Gasteiger partial charge on any atom is 0.288 e. The molecule has 0 spiro atoms. The molecule has 2 heterocycles. The van der Waals surface area contributed by atoms with Crippen molar-refractivity contribution in [2.75, 3.05) is 19.7 Å². The molecule has 2 rings (SSSR count). The van der Waals surface area contributed by atoms with Crippen molar-refractivity contribution in [2.24, 2.45) is 5.73 Å². The van der Waals surface area contributed by atoms with Crippen LogP contribution in [0.3, 0.4) is 0 Å². The van der Waals surface area contributed by atoms with Gasteiger partial charge < -0.3 is 30.0 Å². The molecule has 4 N–H and O–H groups in total. The van der Waals surface area contributed by atoms with E-state index >= 15 is 0 Å². The van der Waals surface area contributed by atoms with Crippen molar-refractivity contribution in [1.82, 2.24) is 14.8 Å². The fraction of sp³-hybridized carbons (Fsp3) is 0.700. The van der Waals surface area contributed by atoms with Crippen molar-refractivity contribution in [3.63, 3.8) is 0 Å². The third-order valence-electron chi connectivity index (χ3n) is 2.73. The summed E-state index contributed by atoms with van der Waals surface area (Å²) >= 11 is 0. The standard InChI is InChI=1S/C10H17N4O6P/c1-21(2,18)4-19-10-6(16)5(15)9(20-10)14-3-12-8(13-14)7(11)17/h3,5-6,9-10,15-16H,4H2,1-2H3,(H2,11,17)/t5-,6+,9-,10+/m1/s1. The Hall–Kier alpha value is -1.32. The Morgan fingerprint density at radius 1 is 1.52 bits per heavy atom. The van der Waals surface area contributed by atoms with Crippen LogP contribution in [0.1, 0.15) is 16.8 Å². The lowest BCUT2D eigenvalue weighted by atomic mass is 10.2. The van der Waals surface area contributed by atoms with Gasteiger partial charge in [-0.15, -0.1) is 5.10 Å². The zero-order valence-corrected chi connectivity index (χ0v) is 12.4. The van der Waals surface area contributed by atoms with E-state index in [2.05, 4.69) is 10.1 Å². The molecule has 1 aliphatic rings. The molecular weight excluding hydrogens is 303 g/mol. The summed E-state index contributed by atoms with van der Waals surface area (Å²) in [5.41, 5.74) is 5.02. The van der Waals surface area contributed by atoms with Gasteiger partial charge in [0.2, 0.25) is 5.82 Å². The van der Waals surface area contributed by atoms with Crippen molar-refractivity contribution >= 4 is 13.0 Å². The summed E-state index contributed by atoms with van der Waals surface area (Å²) in [4.78, 5) is 14.6. The zero-order chi connectivity index (χ0) is 15.8. The van der Waals surface area contributed by atoms with Gasteiger partial charge in [0.1, 0.15) is 32.0 Å². The van der Waals surface area contributed by atoms with E-state index in [1.807, 2.05) is 0 Å². The van der Waals surface area contributed by atoms with Crippen LogP contribution >= 0.6 is 7.14 Å². The Morgan fingerprint density at radius 3 is 2.71 bits per heavy atom. The van der Waals surface area contributed by atoms with Crippen molar-refractivity contribution in [3.05, 3.63) is 12.2 Å². The van der Waals surface area contributed by atoms with Gasteiger partial charge in [-0.1, -0.05) is 0 Å². The number of ether oxygens (including phenoxy) is 2. The molecule has 1 aromatic heterocycles. The third kappa shape index (κ3) is 3.66. The molecule has 0 unspecified atom stereocenters. The van der Waals surface area contributed by atoms with Crippen molar-refractivity contribution in [3.8, 4) is 0 Å². The summed E-state index contributed by atoms with van der Waals surface area (Å²) in [6, 6.07) is 0. The lowest BCUT2D eigenvalue weighted by Gasteiger charge is -2.16. The van der Waals surface area contributed by atoms with Gasteiger partial charge in [0, 0.05) is 0 Å². The third-order valence-corrected chi connectivity index (χ3v) is 3.50. The molecule has 10 nitrogen and oxygen atoms in total. The number of primary amides is 1. The molecule has 0 radical (unpaired) electrons. The monoisotopic (exact) mass is 320 g/mol. The normalized spacial score (nSPS) is 29.7. The molecule has 1 saturated heterocycles. The van der Waals surface area contributed by atoms with Crippen LogP contribution in [-0.2, 0) is 14.0 Å². The number of aromatic nitrogens is 3. The summed E-state index contributed by atoms with van der Waals surface area (Å²) in [6.45, 7) is 3.05. The van der Waals surface area contributed by atoms with E-state index in [4.69, 9.17) is 15.2 Å². The molecule has 1 aliphatic heterocycles. The van der Waals surface area contributed by atoms with E-state index in [1.165, 1.54) is 13.3 Å². The molecule has 1 fully saturated rings. The number of aliphatic hydroxyl groups is 2. The van der Waals surface area contributed by atoms with Gasteiger partial charge in [0.15, 0.2) is 12.5 Å². The van der Waals surface area contributed by atoms with Gasteiger partial charge in [-0.3, -0.25) is 4.79 Å². The molecule has 0 bridgehead atoms. The highest BCUT2D eigenvalue weighted by molar-refractivity contribution is 7.62. The smallest absolute Gasteiger partial charge is 0.288 e. The van der Waals surface area contributed by atoms with E-state index in [0.717, 1.165) is 11.0 Å². The number of nitrogens with zero attached hydrogens (tertiary/aromatic N) is 3. The molecular formula is C10H17N4O6P. The molecule has 1 aromatic rings. The molecule has 1 amide bonds. The minimum Gasteiger partial charge on any atom is -0.385 e. The maximum atomic E-state index is 11.6. The molecule has 118 valence electrons. The Morgan fingerprint density at radius 2 is 2.19 bits per heavy atom. The lowest BCUT2D eigenvalue weighted by Crippen LogP contribution is -2.33. The lowest BCUT2D eigenvalue weighted by molar-refractivity contribution is -0.168. The predicted octanol–water partition coefficient (Wildman–Crippen LogP) is -1.45. The number of hydrogen-bond donors (Lipinski definition) is 3. The first-order valence-corrected chi connectivity index (χ1v) is 8.86. The summed E-state index contributed by atoms with van der Waals surface area (Å²) in [5, 5.41) is 23.5. The van der Waals surface area contributed by atoms with Crippen LogP contribution < -0.4 is 5.73 Å². The minimum atomic E-state index is -2.46. The highest BCUT2D eigenvalue weighted by Gasteiger charge is 2.45. The van der Waals surface area contributed by atoms with Gasteiger partial charge in [-0.25, -0.2) is 9.67 Å². The van der Waals surface area contributed by atoms with E-state index in [0.29, 0.717) is 0 Å². The Balaban J connectivity index is 2.08. The fourth-order valence-corrected chi connectivity index (χ4v) is 2.25. The number of nitrogens with two attached hydrogens (primary N) is 1. The van der Waals surface area contributed by atoms with Crippen LogP contribution in [-0.4, -0.2) is 69.1 Å². The second kappa shape index (κ2) is 5.82. The second-order valence-corrected chi connectivity index (χ2v) is 8.56. The molecule has 4 atom stereocenters. The summed E-state index contributed by atoms with van der Waals surface area (Å²) in [5.74, 6) is -1.07. The highest BCUT2D eigenvalue weighted by atomic mass is 31.2. The van der Waals surface area contributed by atoms with Gasteiger partial charge >= 0.3 is 0 Å². The average molecular weight is 320 g/mol. The van der Waals surface area contributed by atoms with Crippen LogP contribution in [0.5, 0.6) is 0 Å². The SMILES string of the molecule is CP(C)(=O)CO[C@H]1O[C@@H](n2cnc(C(N)=O)n2)[C@H](O)[C@@H]1O. The van der Waals surface area contributed by atoms with E-state index in [1.54, 1.807) is 0 Å². The van der Waals surface area contributed by atoms with Crippen molar-refractivity contribution < 1.29 is 29.0 Å². The Labute approximate surface area is 120 Å². The van der Waals surface area contributed by atoms with Gasteiger partial charge in [0.05, 0.1) is 0 Å². The first-order chi connectivity index (χ1) is 9.69. The second-order valence-electron chi connectivity index (χ2n) is 5.16. The zero-order valence-electron chi connectivity index (χ0n) is 11.5. The number of aliphatic hydroxyl groups excluding tert-OH is 2. The Kier molecular flexibility index (Phi) is 4.45. The first-order valence-electron chi connectivity index (χ1n) is 6.07. The largest absolute Gasteiger partial charge is 0.385 e. The maximum absolute atomic E-state index is 11.6. The molecule has 11 heteroatoms. The topological polar surface area (TPSA) is 150 Å². The Bertz CT molecular complexity index is 572. The van der Waals surface area contributed by atoms with Crippen molar-refractivity contribution in [2.45, 2.75) is 24.7 Å². The number of carbonyl (C=O) groups is 1. The average Bonchev–Trinajstić information content (AvgIpc) is 2.94. The van der Waals surface area contributed by atoms with Gasteiger partial charge in [0.25, 0.3) is 5.91 Å². The fourth-order valence-electron chi connectivity index (χ4n) is 1.75. The summed E-state index contributed by atoms with van der Waals surface area (Å²) in [6.07, 6.45) is -3.88. The predicted molar refractivity (Wildman–Crippen MR) is 69.9 cm³/mol. The highest BCUT2D eigenvalue weighted by Crippen LogP contribution is 2.38. The minimum absolute atomic E-state index is 0.0991. The molecule has 0 aliphatic carbocycles. The number of hydrogen-bond acceptors (Lipinski definition) is 8.